The highest BCUT2D eigenvalue weighted by Crippen LogP contribution is 2.22. The first-order valence-electron chi connectivity index (χ1n) is 12.1. The minimum absolute atomic E-state index is 0.101. The molecule has 37 heavy (non-hydrogen) atoms. The summed E-state index contributed by atoms with van der Waals surface area (Å²) in [6.45, 7) is 2.00. The van der Waals surface area contributed by atoms with Gasteiger partial charge in [0.05, 0.1) is 16.6 Å². The van der Waals surface area contributed by atoms with Crippen molar-refractivity contribution in [3.05, 3.63) is 142 Å². The molecule has 0 aliphatic heterocycles. The molecule has 0 saturated heterocycles. The van der Waals surface area contributed by atoms with Crippen LogP contribution in [0.4, 0.5) is 0 Å². The Balaban J connectivity index is 1.47. The highest BCUT2D eigenvalue weighted by Gasteiger charge is 2.13. The van der Waals surface area contributed by atoms with E-state index in [4.69, 9.17) is 4.98 Å². The molecular formula is C33H23N3O. The van der Waals surface area contributed by atoms with Crippen LogP contribution in [-0.2, 0) is 0 Å². The van der Waals surface area contributed by atoms with Gasteiger partial charge in [0.2, 0.25) is 0 Å². The van der Waals surface area contributed by atoms with Gasteiger partial charge < -0.3 is 4.98 Å². The van der Waals surface area contributed by atoms with E-state index in [-0.39, 0.29) is 5.56 Å². The van der Waals surface area contributed by atoms with Gasteiger partial charge in [-0.1, -0.05) is 60.4 Å². The lowest BCUT2D eigenvalue weighted by molar-refractivity contribution is 0.934. The Morgan fingerprint density at radius 2 is 1.51 bits per heavy atom. The first kappa shape index (κ1) is 22.3. The lowest BCUT2D eigenvalue weighted by Crippen LogP contribution is -2.23. The lowest BCUT2D eigenvalue weighted by Gasteiger charge is -2.14. The number of aryl methyl sites for hydroxylation is 1. The second-order valence-corrected chi connectivity index (χ2v) is 8.87. The molecule has 1 N–H and O–H groups in total. The van der Waals surface area contributed by atoms with Crippen molar-refractivity contribution in [3.8, 4) is 17.5 Å². The molecule has 4 aromatic carbocycles. The molecule has 0 fully saturated rings. The highest BCUT2D eigenvalue weighted by molar-refractivity contribution is 5.91. The summed E-state index contributed by atoms with van der Waals surface area (Å²) >= 11 is 0. The quantitative estimate of drug-likeness (QED) is 0.287. The molecule has 0 amide bonds. The third-order valence-corrected chi connectivity index (χ3v) is 6.40. The summed E-state index contributed by atoms with van der Waals surface area (Å²) in [7, 11) is 0. The van der Waals surface area contributed by atoms with Crippen LogP contribution in [0.1, 0.15) is 28.1 Å². The maximum absolute atomic E-state index is 13.7. The number of aromatic nitrogens is 3. The van der Waals surface area contributed by atoms with Crippen LogP contribution in [-0.4, -0.2) is 14.5 Å². The van der Waals surface area contributed by atoms with Gasteiger partial charge in [-0.3, -0.25) is 9.36 Å². The number of nitrogens with zero attached hydrogens (tertiary/aromatic N) is 2. The van der Waals surface area contributed by atoms with Crippen LogP contribution in [0.2, 0.25) is 0 Å². The lowest BCUT2D eigenvalue weighted by atomic mass is 10.1. The molecule has 2 aromatic heterocycles. The second-order valence-electron chi connectivity index (χ2n) is 8.87. The molecular weight excluding hydrogens is 454 g/mol. The number of para-hydroxylation sites is 2. The molecule has 6 rings (SSSR count). The highest BCUT2D eigenvalue weighted by atomic mass is 16.1. The van der Waals surface area contributed by atoms with E-state index in [0.29, 0.717) is 16.7 Å². The van der Waals surface area contributed by atoms with E-state index in [1.165, 1.54) is 0 Å². The van der Waals surface area contributed by atoms with Gasteiger partial charge in [0.15, 0.2) is 0 Å². The fourth-order valence-electron chi connectivity index (χ4n) is 4.54. The van der Waals surface area contributed by atoms with Gasteiger partial charge in [-0.15, -0.1) is 0 Å². The van der Waals surface area contributed by atoms with Gasteiger partial charge in [-0.2, -0.15) is 0 Å². The first-order chi connectivity index (χ1) is 18.2. The Labute approximate surface area is 214 Å². The van der Waals surface area contributed by atoms with Crippen LogP contribution in [0, 0.1) is 18.8 Å². The minimum atomic E-state index is -0.101. The zero-order valence-electron chi connectivity index (χ0n) is 20.3. The number of nitrogens with one attached hydrogen (secondary N) is 1. The van der Waals surface area contributed by atoms with Crippen molar-refractivity contribution >= 4 is 34.0 Å². The van der Waals surface area contributed by atoms with E-state index < -0.39 is 0 Å². The maximum Gasteiger partial charge on any atom is 0.266 e. The Hall–Kier alpha value is -5.14. The number of fused-ring (bicyclic) bond motifs is 2. The number of H-pyrrole nitrogens is 1. The monoisotopic (exact) mass is 477 g/mol. The van der Waals surface area contributed by atoms with Crippen molar-refractivity contribution < 1.29 is 0 Å². The van der Waals surface area contributed by atoms with Crippen molar-refractivity contribution in [2.75, 3.05) is 0 Å². The number of aromatic amines is 1. The Morgan fingerprint density at radius 3 is 2.35 bits per heavy atom. The van der Waals surface area contributed by atoms with E-state index in [1.54, 1.807) is 4.57 Å². The number of rotatable bonds is 3. The molecule has 0 spiro atoms. The van der Waals surface area contributed by atoms with E-state index in [0.717, 1.165) is 38.8 Å². The third-order valence-electron chi connectivity index (χ3n) is 6.40. The van der Waals surface area contributed by atoms with E-state index in [2.05, 4.69) is 22.9 Å². The SMILES string of the molecule is Cc1cc(C#Cc2ccccc2)ccc1-n1c(C=Cc2c[nH]c3ccccc23)nc2ccccc2c1=O. The summed E-state index contributed by atoms with van der Waals surface area (Å²) in [6, 6.07) is 31.4. The summed E-state index contributed by atoms with van der Waals surface area (Å²) < 4.78 is 1.69. The summed E-state index contributed by atoms with van der Waals surface area (Å²) in [5, 5.41) is 1.70. The Kier molecular flexibility index (Phi) is 5.72. The predicted molar refractivity (Wildman–Crippen MR) is 152 cm³/mol. The molecule has 0 unspecified atom stereocenters. The smallest absolute Gasteiger partial charge is 0.266 e. The summed E-state index contributed by atoms with van der Waals surface area (Å²) in [5.74, 6) is 7.00. The van der Waals surface area contributed by atoms with Crippen LogP contribution < -0.4 is 5.56 Å². The molecule has 0 atom stereocenters. The average Bonchev–Trinajstić information content (AvgIpc) is 3.35. The largest absolute Gasteiger partial charge is 0.361 e. The molecule has 0 bridgehead atoms. The van der Waals surface area contributed by atoms with Crippen molar-refractivity contribution in [3.63, 3.8) is 0 Å². The number of hydrogen-bond acceptors (Lipinski definition) is 2. The summed E-state index contributed by atoms with van der Waals surface area (Å²) in [6.07, 6.45) is 5.88. The van der Waals surface area contributed by atoms with Gasteiger partial charge >= 0.3 is 0 Å². The second kappa shape index (κ2) is 9.49. The van der Waals surface area contributed by atoms with E-state index >= 15 is 0 Å². The van der Waals surface area contributed by atoms with Crippen LogP contribution in [0.25, 0.3) is 39.6 Å². The van der Waals surface area contributed by atoms with Crippen molar-refractivity contribution in [2.45, 2.75) is 6.92 Å². The maximum atomic E-state index is 13.7. The van der Waals surface area contributed by atoms with Crippen molar-refractivity contribution in [1.82, 2.24) is 14.5 Å². The summed E-state index contributed by atoms with van der Waals surface area (Å²) in [4.78, 5) is 21.9. The standard InChI is InChI=1S/C33H23N3O/c1-23-21-25(16-15-24-9-3-2-4-10-24)17-19-31(23)36-32(35-30-14-8-6-12-28(30)33(36)37)20-18-26-22-34-29-13-7-5-11-27(26)29/h2-14,17-22,34H,1H3. The van der Waals surface area contributed by atoms with Crippen LogP contribution in [0.5, 0.6) is 0 Å². The van der Waals surface area contributed by atoms with E-state index in [9.17, 15) is 4.79 Å². The van der Waals surface area contributed by atoms with Gasteiger partial charge in [-0.05, 0) is 78.7 Å². The zero-order chi connectivity index (χ0) is 25.2. The number of hydrogen-bond donors (Lipinski definition) is 1. The fourth-order valence-corrected chi connectivity index (χ4v) is 4.54. The molecule has 176 valence electrons. The van der Waals surface area contributed by atoms with Gasteiger partial charge in [0.25, 0.3) is 5.56 Å². The fraction of sp³-hybridized carbons (Fsp3) is 0.0303. The molecule has 2 heterocycles. The average molecular weight is 478 g/mol. The molecule has 6 aromatic rings. The molecule has 0 aliphatic carbocycles. The topological polar surface area (TPSA) is 50.7 Å². The molecule has 0 aliphatic rings. The predicted octanol–water partition coefficient (Wildman–Crippen LogP) is 6.75. The molecule has 0 radical (unpaired) electrons. The van der Waals surface area contributed by atoms with Crippen LogP contribution >= 0.6 is 0 Å². The van der Waals surface area contributed by atoms with E-state index in [1.807, 2.05) is 116 Å². The van der Waals surface area contributed by atoms with Gasteiger partial charge in [0, 0.05) is 28.2 Å². The number of benzene rings is 4. The Bertz CT molecular complexity index is 1910. The molecule has 4 heteroatoms. The minimum Gasteiger partial charge on any atom is -0.361 e. The summed E-state index contributed by atoms with van der Waals surface area (Å²) in [5.41, 5.74) is 6.25. The molecule has 4 nitrogen and oxygen atoms in total. The van der Waals surface area contributed by atoms with Crippen LogP contribution in [0.15, 0.2) is 108 Å². The Morgan fingerprint density at radius 1 is 0.784 bits per heavy atom. The normalized spacial score (nSPS) is 11.2. The van der Waals surface area contributed by atoms with Crippen molar-refractivity contribution in [1.29, 1.82) is 0 Å². The van der Waals surface area contributed by atoms with Gasteiger partial charge in [-0.25, -0.2) is 4.98 Å². The zero-order valence-corrected chi connectivity index (χ0v) is 20.3. The molecule has 0 saturated carbocycles. The van der Waals surface area contributed by atoms with Crippen LogP contribution in [0.3, 0.4) is 0 Å². The van der Waals surface area contributed by atoms with Gasteiger partial charge in [0.1, 0.15) is 5.82 Å². The van der Waals surface area contributed by atoms with Crippen molar-refractivity contribution in [2.24, 2.45) is 0 Å². The third kappa shape index (κ3) is 4.35. The first-order valence-corrected chi connectivity index (χ1v) is 12.1.